The molecular formula is C6H14N2S. The second kappa shape index (κ2) is 4.68. The Morgan fingerprint density at radius 3 is 2.67 bits per heavy atom. The minimum absolute atomic E-state index is 0.245. The molecule has 2 nitrogen and oxygen atoms in total. The molecule has 0 aromatic carbocycles. The van der Waals surface area contributed by atoms with Crippen molar-refractivity contribution in [3.8, 4) is 0 Å². The molecule has 0 radical (unpaired) electrons. The average molecular weight is 146 g/mol. The Kier molecular flexibility index (Phi) is 4.58. The predicted octanol–water partition coefficient (Wildman–Crippen LogP) is 1.31. The minimum atomic E-state index is 0.245. The number of nitrogens with two attached hydrogens (primary N) is 1. The van der Waals surface area contributed by atoms with E-state index in [1.807, 2.05) is 18.7 Å². The zero-order valence-corrected chi connectivity index (χ0v) is 6.79. The molecule has 0 rings (SSSR count). The summed E-state index contributed by atoms with van der Waals surface area (Å²) in [6.45, 7) is 4.09. The van der Waals surface area contributed by atoms with Gasteiger partial charge in [0.25, 0.3) is 0 Å². The Morgan fingerprint density at radius 1 is 1.78 bits per heavy atom. The molecule has 0 fully saturated rings. The predicted molar refractivity (Wildman–Crippen MR) is 44.1 cm³/mol. The van der Waals surface area contributed by atoms with Gasteiger partial charge in [-0.15, -0.1) is 0 Å². The summed E-state index contributed by atoms with van der Waals surface area (Å²) in [5.74, 6) is 2.63. The van der Waals surface area contributed by atoms with Crippen molar-refractivity contribution in [2.45, 2.75) is 13.8 Å². The second-order valence-electron chi connectivity index (χ2n) is 2.02. The van der Waals surface area contributed by atoms with Crippen LogP contribution in [0, 0.1) is 11.3 Å². The van der Waals surface area contributed by atoms with Crippen molar-refractivity contribution in [2.75, 3.05) is 11.5 Å². The molecule has 0 saturated heterocycles. The number of hydrogen-bond donors (Lipinski definition) is 2. The molecule has 0 saturated carbocycles. The highest BCUT2D eigenvalue weighted by Crippen LogP contribution is 2.06. The summed E-state index contributed by atoms with van der Waals surface area (Å²) in [4.78, 5) is 0. The van der Waals surface area contributed by atoms with Crippen LogP contribution in [0.3, 0.4) is 0 Å². The van der Waals surface area contributed by atoms with Crippen molar-refractivity contribution in [1.82, 2.24) is 0 Å². The van der Waals surface area contributed by atoms with Crippen molar-refractivity contribution >= 4 is 17.6 Å². The van der Waals surface area contributed by atoms with Crippen LogP contribution in [0.2, 0.25) is 0 Å². The number of hydrogen-bond acceptors (Lipinski definition) is 2. The first-order valence-electron chi connectivity index (χ1n) is 3.10. The van der Waals surface area contributed by atoms with E-state index in [1.165, 1.54) is 0 Å². The molecular weight excluding hydrogens is 132 g/mol. The van der Waals surface area contributed by atoms with Crippen LogP contribution in [0.1, 0.15) is 13.8 Å². The fourth-order valence-corrected chi connectivity index (χ4v) is 1.15. The topological polar surface area (TPSA) is 49.9 Å². The quantitative estimate of drug-likeness (QED) is 0.464. The minimum Gasteiger partial charge on any atom is -0.387 e. The third kappa shape index (κ3) is 4.33. The lowest BCUT2D eigenvalue weighted by molar-refractivity contribution is 0.879. The molecule has 0 aliphatic carbocycles. The molecule has 3 N–H and O–H groups in total. The normalized spacial score (nSPS) is 13.1. The third-order valence-electron chi connectivity index (χ3n) is 1.10. The third-order valence-corrected chi connectivity index (χ3v) is 2.25. The number of amidine groups is 1. The first-order valence-corrected chi connectivity index (χ1v) is 4.25. The van der Waals surface area contributed by atoms with Gasteiger partial charge in [-0.3, -0.25) is 5.41 Å². The van der Waals surface area contributed by atoms with E-state index in [0.29, 0.717) is 5.84 Å². The molecule has 0 aromatic heterocycles. The summed E-state index contributed by atoms with van der Waals surface area (Å²) >= 11 is 1.82. The fraction of sp³-hybridized carbons (Fsp3) is 0.833. The van der Waals surface area contributed by atoms with Gasteiger partial charge in [0.05, 0.1) is 5.84 Å². The van der Waals surface area contributed by atoms with Crippen molar-refractivity contribution in [3.63, 3.8) is 0 Å². The number of thioether (sulfide) groups is 1. The molecule has 0 bridgehead atoms. The lowest BCUT2D eigenvalue weighted by Crippen LogP contribution is -2.21. The Bertz CT molecular complexity index is 93.1. The standard InChI is InChI=1S/C6H14N2S/c1-3-9-4-5(2)6(7)8/h5H,3-4H2,1-2H3,(H3,7,8). The lowest BCUT2D eigenvalue weighted by atomic mass is 10.2. The highest BCUT2D eigenvalue weighted by atomic mass is 32.2. The Hall–Kier alpha value is -0.180. The van der Waals surface area contributed by atoms with Crippen LogP contribution in [0.4, 0.5) is 0 Å². The van der Waals surface area contributed by atoms with E-state index < -0.39 is 0 Å². The van der Waals surface area contributed by atoms with E-state index in [2.05, 4.69) is 6.92 Å². The van der Waals surface area contributed by atoms with Gasteiger partial charge in [0.1, 0.15) is 0 Å². The van der Waals surface area contributed by atoms with Crippen LogP contribution in [0.25, 0.3) is 0 Å². The van der Waals surface area contributed by atoms with Crippen LogP contribution in [0.5, 0.6) is 0 Å². The maximum atomic E-state index is 7.04. The summed E-state index contributed by atoms with van der Waals surface area (Å²) in [6, 6.07) is 0. The molecule has 3 heteroatoms. The molecule has 1 unspecified atom stereocenters. The van der Waals surface area contributed by atoms with E-state index in [4.69, 9.17) is 11.1 Å². The Labute approximate surface area is 60.7 Å². The van der Waals surface area contributed by atoms with E-state index in [0.717, 1.165) is 11.5 Å². The van der Waals surface area contributed by atoms with E-state index in [9.17, 15) is 0 Å². The molecule has 0 amide bonds. The second-order valence-corrected chi connectivity index (χ2v) is 3.33. The van der Waals surface area contributed by atoms with E-state index >= 15 is 0 Å². The zero-order valence-electron chi connectivity index (χ0n) is 5.98. The van der Waals surface area contributed by atoms with Gasteiger partial charge in [0, 0.05) is 11.7 Å². The van der Waals surface area contributed by atoms with Gasteiger partial charge in [-0.05, 0) is 5.75 Å². The van der Waals surface area contributed by atoms with Gasteiger partial charge in [0.2, 0.25) is 0 Å². The van der Waals surface area contributed by atoms with Crippen LogP contribution in [-0.4, -0.2) is 17.3 Å². The smallest absolute Gasteiger partial charge is 0.0942 e. The molecule has 0 aliphatic rings. The van der Waals surface area contributed by atoms with Gasteiger partial charge >= 0.3 is 0 Å². The van der Waals surface area contributed by atoms with Gasteiger partial charge in [-0.1, -0.05) is 13.8 Å². The molecule has 0 aliphatic heterocycles. The molecule has 1 atom stereocenters. The Morgan fingerprint density at radius 2 is 2.33 bits per heavy atom. The van der Waals surface area contributed by atoms with Crippen LogP contribution < -0.4 is 5.73 Å². The molecule has 0 aromatic rings. The van der Waals surface area contributed by atoms with Crippen molar-refractivity contribution in [2.24, 2.45) is 11.7 Å². The molecule has 54 valence electrons. The van der Waals surface area contributed by atoms with Crippen molar-refractivity contribution in [1.29, 1.82) is 5.41 Å². The average Bonchev–Trinajstić information content (AvgIpc) is 1.82. The lowest BCUT2D eigenvalue weighted by Gasteiger charge is -2.06. The maximum Gasteiger partial charge on any atom is 0.0942 e. The highest BCUT2D eigenvalue weighted by molar-refractivity contribution is 7.99. The van der Waals surface area contributed by atoms with Gasteiger partial charge in [-0.2, -0.15) is 11.8 Å². The summed E-state index contributed by atoms with van der Waals surface area (Å²) in [6.07, 6.45) is 0. The number of nitrogens with one attached hydrogen (secondary N) is 1. The van der Waals surface area contributed by atoms with E-state index in [1.54, 1.807) is 0 Å². The van der Waals surface area contributed by atoms with Crippen molar-refractivity contribution in [3.05, 3.63) is 0 Å². The van der Waals surface area contributed by atoms with Crippen molar-refractivity contribution < 1.29 is 0 Å². The van der Waals surface area contributed by atoms with E-state index in [-0.39, 0.29) is 5.92 Å². The number of rotatable bonds is 4. The fourth-order valence-electron chi connectivity index (χ4n) is 0.384. The Balaban J connectivity index is 3.27. The van der Waals surface area contributed by atoms with Gasteiger partial charge in [0.15, 0.2) is 0 Å². The molecule has 0 spiro atoms. The summed E-state index contributed by atoms with van der Waals surface area (Å²) in [7, 11) is 0. The summed E-state index contributed by atoms with van der Waals surface area (Å²) in [5.41, 5.74) is 5.25. The van der Waals surface area contributed by atoms with Crippen LogP contribution in [-0.2, 0) is 0 Å². The summed E-state index contributed by atoms with van der Waals surface area (Å²) < 4.78 is 0. The largest absolute Gasteiger partial charge is 0.387 e. The molecule has 9 heavy (non-hydrogen) atoms. The first kappa shape index (κ1) is 8.82. The van der Waals surface area contributed by atoms with Gasteiger partial charge < -0.3 is 5.73 Å². The first-order chi connectivity index (χ1) is 4.18. The van der Waals surface area contributed by atoms with Crippen LogP contribution >= 0.6 is 11.8 Å². The zero-order chi connectivity index (χ0) is 7.28. The maximum absolute atomic E-state index is 7.04. The van der Waals surface area contributed by atoms with Crippen LogP contribution in [0.15, 0.2) is 0 Å². The summed E-state index contributed by atoms with van der Waals surface area (Å²) in [5, 5.41) is 7.04. The highest BCUT2D eigenvalue weighted by Gasteiger charge is 2.02. The van der Waals surface area contributed by atoms with Gasteiger partial charge in [-0.25, -0.2) is 0 Å². The monoisotopic (exact) mass is 146 g/mol. The SMILES string of the molecule is CCSCC(C)C(=N)N. The molecule has 0 heterocycles.